The maximum atomic E-state index is 12.6. The number of rotatable bonds is 7. The summed E-state index contributed by atoms with van der Waals surface area (Å²) in [6, 6.07) is 0. The number of aryl methyl sites for hydroxylation is 2. The van der Waals surface area contributed by atoms with Gasteiger partial charge in [-0.2, -0.15) is 0 Å². The number of hydrogen-bond acceptors (Lipinski definition) is 7. The maximum Gasteiger partial charge on any atom is 0.341 e. The molecule has 1 amide bonds. The van der Waals surface area contributed by atoms with Crippen LogP contribution in [0.2, 0.25) is 0 Å². The lowest BCUT2D eigenvalue weighted by Crippen LogP contribution is -2.17. The van der Waals surface area contributed by atoms with E-state index in [4.69, 9.17) is 4.74 Å². The quantitative estimate of drug-likeness (QED) is 0.516. The van der Waals surface area contributed by atoms with Gasteiger partial charge in [0.25, 0.3) is 0 Å². The Morgan fingerprint density at radius 1 is 1.21 bits per heavy atom. The Labute approximate surface area is 179 Å². The first-order valence-electron chi connectivity index (χ1n) is 10.1. The summed E-state index contributed by atoms with van der Waals surface area (Å²) in [6.45, 7) is 4.83. The summed E-state index contributed by atoms with van der Waals surface area (Å²) in [4.78, 5) is 26.3. The van der Waals surface area contributed by atoms with E-state index in [-0.39, 0.29) is 17.6 Å². The van der Waals surface area contributed by atoms with E-state index >= 15 is 0 Å². The van der Waals surface area contributed by atoms with Crippen LogP contribution in [0, 0.1) is 6.92 Å². The number of thioether (sulfide) groups is 1. The fourth-order valence-electron chi connectivity index (χ4n) is 3.57. The number of thiophene rings is 1. The van der Waals surface area contributed by atoms with E-state index in [2.05, 4.69) is 22.4 Å². The molecule has 29 heavy (non-hydrogen) atoms. The van der Waals surface area contributed by atoms with E-state index < -0.39 is 0 Å². The Bertz CT molecular complexity index is 875. The fraction of sp³-hybridized carbons (Fsp3) is 0.600. The largest absolute Gasteiger partial charge is 0.465 e. The molecule has 0 saturated carbocycles. The van der Waals surface area contributed by atoms with Crippen LogP contribution in [-0.4, -0.2) is 39.5 Å². The zero-order chi connectivity index (χ0) is 20.8. The molecule has 0 atom stereocenters. The lowest BCUT2D eigenvalue weighted by molar-refractivity contribution is -0.113. The molecule has 7 nitrogen and oxygen atoms in total. The normalized spacial score (nSPS) is 14.0. The van der Waals surface area contributed by atoms with Gasteiger partial charge in [-0.15, -0.1) is 21.5 Å². The Morgan fingerprint density at radius 2 is 1.97 bits per heavy atom. The number of ether oxygens (including phenoxy) is 1. The van der Waals surface area contributed by atoms with Gasteiger partial charge in [-0.3, -0.25) is 4.79 Å². The highest BCUT2D eigenvalue weighted by Crippen LogP contribution is 2.37. The molecule has 1 aliphatic carbocycles. The molecule has 0 fully saturated rings. The molecule has 0 aliphatic heterocycles. The average Bonchev–Trinajstić information content (AvgIpc) is 3.20. The molecule has 1 aliphatic rings. The number of methoxy groups -OCH3 is 1. The van der Waals surface area contributed by atoms with E-state index in [0.29, 0.717) is 10.6 Å². The molecular formula is C20H28N4O3S2. The summed E-state index contributed by atoms with van der Waals surface area (Å²) in [7, 11) is 1.39. The number of carbonyl (C=O) groups is 2. The molecule has 0 unspecified atom stereocenters. The zero-order valence-electron chi connectivity index (χ0n) is 17.2. The molecule has 0 bridgehead atoms. The molecule has 1 N–H and O–H groups in total. The predicted octanol–water partition coefficient (Wildman–Crippen LogP) is 4.23. The van der Waals surface area contributed by atoms with Gasteiger partial charge in [-0.25, -0.2) is 4.79 Å². The minimum absolute atomic E-state index is 0.155. The van der Waals surface area contributed by atoms with Crippen LogP contribution in [0.4, 0.5) is 5.00 Å². The number of amides is 1. The van der Waals surface area contributed by atoms with Crippen LogP contribution in [0.5, 0.6) is 0 Å². The number of fused-ring (bicyclic) bond motifs is 1. The van der Waals surface area contributed by atoms with Crippen LogP contribution in [0.15, 0.2) is 5.16 Å². The topological polar surface area (TPSA) is 86.1 Å². The van der Waals surface area contributed by atoms with Gasteiger partial charge in [0.15, 0.2) is 5.16 Å². The molecule has 0 saturated heterocycles. The second-order valence-corrected chi connectivity index (χ2v) is 9.18. The van der Waals surface area contributed by atoms with Gasteiger partial charge >= 0.3 is 5.97 Å². The lowest BCUT2D eigenvalue weighted by atomic mass is 9.96. The molecule has 2 aromatic rings. The van der Waals surface area contributed by atoms with Crippen LogP contribution in [0.25, 0.3) is 0 Å². The van der Waals surface area contributed by atoms with Crippen LogP contribution in [0.1, 0.15) is 65.7 Å². The summed E-state index contributed by atoms with van der Waals surface area (Å²) >= 11 is 2.88. The van der Waals surface area contributed by atoms with Crippen molar-refractivity contribution in [3.05, 3.63) is 21.8 Å². The van der Waals surface area contributed by atoms with E-state index in [1.54, 1.807) is 0 Å². The van der Waals surface area contributed by atoms with E-state index in [1.165, 1.54) is 47.9 Å². The number of carbonyl (C=O) groups excluding carboxylic acids is 2. The van der Waals surface area contributed by atoms with E-state index in [9.17, 15) is 9.59 Å². The summed E-state index contributed by atoms with van der Waals surface area (Å²) in [5, 5.41) is 12.6. The molecule has 9 heteroatoms. The summed E-state index contributed by atoms with van der Waals surface area (Å²) in [5.74, 6) is 0.536. The summed E-state index contributed by atoms with van der Waals surface area (Å²) in [6.07, 6.45) is 7.34. The molecule has 2 aromatic heterocycles. The smallest absolute Gasteiger partial charge is 0.341 e. The molecule has 3 rings (SSSR count). The number of aromatic nitrogens is 3. The van der Waals surface area contributed by atoms with Gasteiger partial charge in [-0.05, 0) is 44.6 Å². The Kier molecular flexibility index (Phi) is 7.71. The molecular weight excluding hydrogens is 408 g/mol. The Balaban J connectivity index is 1.74. The number of esters is 1. The van der Waals surface area contributed by atoms with Crippen molar-refractivity contribution in [1.82, 2.24) is 14.8 Å². The van der Waals surface area contributed by atoms with Crippen molar-refractivity contribution < 1.29 is 14.3 Å². The van der Waals surface area contributed by atoms with Crippen LogP contribution in [0.3, 0.4) is 0 Å². The van der Waals surface area contributed by atoms with Gasteiger partial charge in [0.1, 0.15) is 10.8 Å². The van der Waals surface area contributed by atoms with Crippen molar-refractivity contribution in [2.24, 2.45) is 0 Å². The third-order valence-electron chi connectivity index (χ3n) is 5.00. The highest BCUT2D eigenvalue weighted by atomic mass is 32.2. The lowest BCUT2D eigenvalue weighted by Gasteiger charge is -2.11. The third kappa shape index (κ3) is 5.19. The third-order valence-corrected chi connectivity index (χ3v) is 7.17. The van der Waals surface area contributed by atoms with Crippen molar-refractivity contribution in [1.29, 1.82) is 0 Å². The zero-order valence-corrected chi connectivity index (χ0v) is 18.9. The number of anilines is 1. The van der Waals surface area contributed by atoms with Crippen molar-refractivity contribution >= 4 is 40.0 Å². The minimum atomic E-state index is -0.371. The minimum Gasteiger partial charge on any atom is -0.465 e. The predicted molar refractivity (Wildman–Crippen MR) is 116 cm³/mol. The Morgan fingerprint density at radius 3 is 2.69 bits per heavy atom. The highest BCUT2D eigenvalue weighted by molar-refractivity contribution is 7.99. The van der Waals surface area contributed by atoms with Crippen molar-refractivity contribution in [3.8, 4) is 0 Å². The maximum absolute atomic E-state index is 12.6. The van der Waals surface area contributed by atoms with Gasteiger partial charge in [0, 0.05) is 11.4 Å². The van der Waals surface area contributed by atoms with Crippen LogP contribution < -0.4 is 5.32 Å². The van der Waals surface area contributed by atoms with E-state index in [1.807, 2.05) is 11.5 Å². The van der Waals surface area contributed by atoms with Crippen molar-refractivity contribution in [2.75, 3.05) is 18.2 Å². The van der Waals surface area contributed by atoms with Crippen LogP contribution in [-0.2, 0) is 28.9 Å². The number of nitrogens with one attached hydrogen (secondary N) is 1. The molecule has 0 aromatic carbocycles. The van der Waals surface area contributed by atoms with E-state index in [0.717, 1.165) is 55.2 Å². The number of nitrogens with zero attached hydrogens (tertiary/aromatic N) is 3. The molecule has 158 valence electrons. The highest BCUT2D eigenvalue weighted by Gasteiger charge is 2.26. The molecule has 2 heterocycles. The van der Waals surface area contributed by atoms with Gasteiger partial charge < -0.3 is 14.6 Å². The monoisotopic (exact) mass is 436 g/mol. The standard InChI is InChI=1S/C20H28N4O3S2/c1-4-11-24-13(2)22-23-20(24)28-12-16(25)21-18-17(19(26)27-3)14-9-7-5-6-8-10-15(14)29-18/h4-12H2,1-3H3,(H,21,25). The molecule has 0 spiro atoms. The SMILES string of the molecule is CCCn1c(C)nnc1SCC(=O)Nc1sc2c(c1C(=O)OC)CCCCCC2. The van der Waals surface area contributed by atoms with Crippen LogP contribution >= 0.6 is 23.1 Å². The second-order valence-electron chi connectivity index (χ2n) is 7.13. The Hall–Kier alpha value is -1.87. The van der Waals surface area contributed by atoms with Gasteiger partial charge in [0.2, 0.25) is 5.91 Å². The first-order valence-corrected chi connectivity index (χ1v) is 11.9. The second kappa shape index (κ2) is 10.2. The first kappa shape index (κ1) is 21.8. The van der Waals surface area contributed by atoms with Gasteiger partial charge in [0.05, 0.1) is 18.4 Å². The van der Waals surface area contributed by atoms with Crippen molar-refractivity contribution in [3.63, 3.8) is 0 Å². The van der Waals surface area contributed by atoms with Crippen molar-refractivity contribution in [2.45, 2.75) is 70.5 Å². The fourth-order valence-corrected chi connectivity index (χ4v) is 5.67. The average molecular weight is 437 g/mol. The van der Waals surface area contributed by atoms with Gasteiger partial charge in [-0.1, -0.05) is 31.5 Å². The summed E-state index contributed by atoms with van der Waals surface area (Å²) < 4.78 is 7.04. The number of hydrogen-bond donors (Lipinski definition) is 1. The molecule has 0 radical (unpaired) electrons. The summed E-state index contributed by atoms with van der Waals surface area (Å²) in [5.41, 5.74) is 1.60. The first-order chi connectivity index (χ1) is 14.0.